The minimum Gasteiger partial charge on any atom is -0.493 e. The minimum absolute atomic E-state index is 0.136. The summed E-state index contributed by atoms with van der Waals surface area (Å²) in [6.45, 7) is 3.10. The molecule has 1 N–H and O–H groups in total. The Kier molecular flexibility index (Phi) is 5.82. The van der Waals surface area contributed by atoms with Gasteiger partial charge in [-0.2, -0.15) is 0 Å². The van der Waals surface area contributed by atoms with Crippen LogP contribution in [0.1, 0.15) is 43.7 Å². The molecule has 2 aromatic carbocycles. The molecule has 1 aliphatic rings. The molecular weight excluding hydrogens is 326 g/mol. The Bertz CT molecular complexity index is 733. The number of hydrogen-bond acceptors (Lipinski definition) is 3. The number of methoxy groups -OCH3 is 1. The zero-order chi connectivity index (χ0) is 18.4. The van der Waals surface area contributed by atoms with Crippen LogP contribution in [0.15, 0.2) is 48.5 Å². The van der Waals surface area contributed by atoms with E-state index in [1.54, 1.807) is 7.11 Å². The van der Waals surface area contributed by atoms with Crippen molar-refractivity contribution < 1.29 is 14.3 Å². The van der Waals surface area contributed by atoms with Crippen LogP contribution < -0.4 is 14.8 Å². The fourth-order valence-electron chi connectivity index (χ4n) is 3.39. The quantitative estimate of drug-likeness (QED) is 0.762. The second-order valence-corrected chi connectivity index (χ2v) is 6.93. The van der Waals surface area contributed by atoms with Crippen LogP contribution in [0.4, 0.5) is 0 Å². The molecule has 138 valence electrons. The van der Waals surface area contributed by atoms with Crippen LogP contribution in [0.3, 0.4) is 0 Å². The zero-order valence-corrected chi connectivity index (χ0v) is 15.6. The van der Waals surface area contributed by atoms with Crippen molar-refractivity contribution in [2.75, 3.05) is 7.11 Å². The molecule has 3 rings (SSSR count). The first kappa shape index (κ1) is 18.3. The average molecular weight is 353 g/mol. The molecule has 0 unspecified atom stereocenters. The van der Waals surface area contributed by atoms with E-state index in [4.69, 9.17) is 9.47 Å². The fourth-order valence-corrected chi connectivity index (χ4v) is 3.39. The van der Waals surface area contributed by atoms with E-state index in [9.17, 15) is 4.79 Å². The van der Waals surface area contributed by atoms with Gasteiger partial charge in [0.05, 0.1) is 7.11 Å². The molecule has 2 aromatic rings. The third-order valence-corrected chi connectivity index (χ3v) is 5.39. The monoisotopic (exact) mass is 353 g/mol. The Morgan fingerprint density at radius 1 is 1.08 bits per heavy atom. The van der Waals surface area contributed by atoms with Crippen molar-refractivity contribution in [2.45, 2.75) is 45.8 Å². The Labute approximate surface area is 155 Å². The predicted octanol–water partition coefficient (Wildman–Crippen LogP) is 4.47. The molecule has 4 heteroatoms. The van der Waals surface area contributed by atoms with E-state index in [2.05, 4.69) is 12.2 Å². The number of carbonyl (C=O) groups excluding carboxylic acids is 1. The molecule has 26 heavy (non-hydrogen) atoms. The van der Waals surface area contributed by atoms with E-state index < -0.39 is 0 Å². The summed E-state index contributed by atoms with van der Waals surface area (Å²) in [7, 11) is 1.63. The predicted molar refractivity (Wildman–Crippen MR) is 102 cm³/mol. The summed E-state index contributed by atoms with van der Waals surface area (Å²) in [5.74, 6) is 1.56. The third-order valence-electron chi connectivity index (χ3n) is 5.39. The summed E-state index contributed by atoms with van der Waals surface area (Å²) in [4.78, 5) is 12.5. The highest BCUT2D eigenvalue weighted by Crippen LogP contribution is 2.44. The molecular formula is C22H27NO3. The van der Waals surface area contributed by atoms with Gasteiger partial charge in [-0.15, -0.1) is 0 Å². The second kappa shape index (κ2) is 8.26. The van der Waals surface area contributed by atoms with Crippen LogP contribution in [0.2, 0.25) is 0 Å². The van der Waals surface area contributed by atoms with E-state index in [1.807, 2.05) is 48.5 Å². The van der Waals surface area contributed by atoms with Crippen molar-refractivity contribution in [2.24, 2.45) is 5.41 Å². The minimum atomic E-state index is -0.136. The molecule has 0 heterocycles. The van der Waals surface area contributed by atoms with Gasteiger partial charge in [0.1, 0.15) is 6.61 Å². The SMILES string of the molecule is CCC1(C(=O)NCc2ccc(OCc3ccccc3)c(OC)c2)CCC1. The molecule has 1 fully saturated rings. The number of nitrogens with one attached hydrogen (secondary N) is 1. The lowest BCUT2D eigenvalue weighted by atomic mass is 9.66. The fraction of sp³-hybridized carbons (Fsp3) is 0.409. The molecule has 0 saturated heterocycles. The van der Waals surface area contributed by atoms with Crippen LogP contribution in [-0.4, -0.2) is 13.0 Å². The van der Waals surface area contributed by atoms with Gasteiger partial charge >= 0.3 is 0 Å². The van der Waals surface area contributed by atoms with E-state index in [1.165, 1.54) is 0 Å². The Morgan fingerprint density at radius 3 is 2.46 bits per heavy atom. The summed E-state index contributed by atoms with van der Waals surface area (Å²) in [6.07, 6.45) is 4.08. The molecule has 0 radical (unpaired) electrons. The maximum Gasteiger partial charge on any atom is 0.226 e. The molecule has 0 bridgehead atoms. The van der Waals surface area contributed by atoms with Crippen LogP contribution in [0.25, 0.3) is 0 Å². The number of benzene rings is 2. The van der Waals surface area contributed by atoms with E-state index in [0.717, 1.165) is 36.8 Å². The lowest BCUT2D eigenvalue weighted by Gasteiger charge is -2.39. The standard InChI is InChI=1S/C22H27NO3/c1-3-22(12-7-13-22)21(24)23-15-18-10-11-19(20(14-18)25-2)26-16-17-8-5-4-6-9-17/h4-6,8-11,14H,3,7,12-13,15-16H2,1-2H3,(H,23,24). The summed E-state index contributed by atoms with van der Waals surface area (Å²) in [5, 5.41) is 3.09. The highest BCUT2D eigenvalue weighted by molar-refractivity contribution is 5.83. The largest absolute Gasteiger partial charge is 0.493 e. The highest BCUT2D eigenvalue weighted by Gasteiger charge is 2.41. The van der Waals surface area contributed by atoms with Gasteiger partial charge in [0, 0.05) is 12.0 Å². The van der Waals surface area contributed by atoms with Gasteiger partial charge in [-0.1, -0.05) is 49.7 Å². The first-order valence-corrected chi connectivity index (χ1v) is 9.29. The van der Waals surface area contributed by atoms with Crippen LogP contribution in [0.5, 0.6) is 11.5 Å². The Hall–Kier alpha value is -2.49. The summed E-state index contributed by atoms with van der Waals surface area (Å²) in [5.41, 5.74) is 1.98. The van der Waals surface area contributed by atoms with Crippen molar-refractivity contribution in [3.05, 3.63) is 59.7 Å². The topological polar surface area (TPSA) is 47.6 Å². The molecule has 1 amide bonds. The maximum absolute atomic E-state index is 12.5. The molecule has 0 aliphatic heterocycles. The summed E-state index contributed by atoms with van der Waals surface area (Å²) in [6, 6.07) is 15.8. The van der Waals surface area contributed by atoms with Gasteiger partial charge in [0.2, 0.25) is 5.91 Å². The smallest absolute Gasteiger partial charge is 0.226 e. The van der Waals surface area contributed by atoms with Gasteiger partial charge < -0.3 is 14.8 Å². The van der Waals surface area contributed by atoms with E-state index in [0.29, 0.717) is 24.7 Å². The number of rotatable bonds is 8. The molecule has 1 aliphatic carbocycles. The van der Waals surface area contributed by atoms with Gasteiger partial charge in [-0.05, 0) is 42.5 Å². The first-order chi connectivity index (χ1) is 12.7. The van der Waals surface area contributed by atoms with Crippen molar-refractivity contribution in [3.63, 3.8) is 0 Å². The van der Waals surface area contributed by atoms with E-state index in [-0.39, 0.29) is 11.3 Å². The van der Waals surface area contributed by atoms with Crippen molar-refractivity contribution in [1.82, 2.24) is 5.32 Å². The maximum atomic E-state index is 12.5. The summed E-state index contributed by atoms with van der Waals surface area (Å²) < 4.78 is 11.3. The van der Waals surface area contributed by atoms with E-state index >= 15 is 0 Å². The second-order valence-electron chi connectivity index (χ2n) is 6.93. The Morgan fingerprint density at radius 2 is 1.85 bits per heavy atom. The van der Waals surface area contributed by atoms with Crippen LogP contribution >= 0.6 is 0 Å². The number of amides is 1. The van der Waals surface area contributed by atoms with Crippen LogP contribution in [0, 0.1) is 5.41 Å². The molecule has 0 aromatic heterocycles. The van der Waals surface area contributed by atoms with Gasteiger partial charge in [0.15, 0.2) is 11.5 Å². The highest BCUT2D eigenvalue weighted by atomic mass is 16.5. The third kappa shape index (κ3) is 4.01. The normalized spacial score (nSPS) is 15.0. The average Bonchev–Trinajstić information content (AvgIpc) is 2.65. The van der Waals surface area contributed by atoms with Crippen LogP contribution in [-0.2, 0) is 17.9 Å². The van der Waals surface area contributed by atoms with Crippen molar-refractivity contribution in [1.29, 1.82) is 0 Å². The number of carbonyl (C=O) groups is 1. The number of hydrogen-bond donors (Lipinski definition) is 1. The molecule has 0 spiro atoms. The first-order valence-electron chi connectivity index (χ1n) is 9.29. The van der Waals surface area contributed by atoms with Gasteiger partial charge in [-0.25, -0.2) is 0 Å². The lowest BCUT2D eigenvalue weighted by molar-refractivity contribution is -0.136. The van der Waals surface area contributed by atoms with Crippen molar-refractivity contribution >= 4 is 5.91 Å². The van der Waals surface area contributed by atoms with Gasteiger partial charge in [0.25, 0.3) is 0 Å². The molecule has 1 saturated carbocycles. The zero-order valence-electron chi connectivity index (χ0n) is 15.6. The summed E-state index contributed by atoms with van der Waals surface area (Å²) >= 11 is 0. The van der Waals surface area contributed by atoms with Crippen molar-refractivity contribution in [3.8, 4) is 11.5 Å². The lowest BCUT2D eigenvalue weighted by Crippen LogP contribution is -2.44. The Balaban J connectivity index is 1.60. The molecule has 0 atom stereocenters. The number of ether oxygens (including phenoxy) is 2. The molecule has 4 nitrogen and oxygen atoms in total. The van der Waals surface area contributed by atoms with Gasteiger partial charge in [-0.3, -0.25) is 4.79 Å².